The topological polar surface area (TPSA) is 72.5 Å². The largest absolute Gasteiger partial charge is 0.468 e. The van der Waals surface area contributed by atoms with Gasteiger partial charge in [0, 0.05) is 0 Å². The molecule has 27 heavy (non-hydrogen) atoms. The maximum atomic E-state index is 13.1. The van der Waals surface area contributed by atoms with E-state index in [0.717, 1.165) is 11.1 Å². The molecule has 2 rings (SSSR count). The quantitative estimate of drug-likeness (QED) is 0.766. The molecule has 5 nitrogen and oxygen atoms in total. The van der Waals surface area contributed by atoms with Crippen LogP contribution in [0.1, 0.15) is 27.8 Å². The number of halogens is 1. The van der Waals surface area contributed by atoms with Crippen LogP contribution in [0.2, 0.25) is 0 Å². The van der Waals surface area contributed by atoms with Gasteiger partial charge < -0.3 is 4.74 Å². The summed E-state index contributed by atoms with van der Waals surface area (Å²) in [6.07, 6.45) is 0.0507. The molecule has 146 valence electrons. The van der Waals surface area contributed by atoms with E-state index in [2.05, 4.69) is 4.72 Å². The van der Waals surface area contributed by atoms with Crippen LogP contribution in [0.3, 0.4) is 0 Å². The maximum Gasteiger partial charge on any atom is 0.324 e. The molecule has 0 saturated carbocycles. The Morgan fingerprint density at radius 3 is 2.07 bits per heavy atom. The van der Waals surface area contributed by atoms with Crippen molar-refractivity contribution in [2.45, 2.75) is 45.1 Å². The third-order valence-electron chi connectivity index (χ3n) is 4.70. The SMILES string of the molecule is COC(=O)C(Cc1ccc(F)cc1)NS(=O)(=O)c1c(C)c(C)cc(C)c1C. The minimum absolute atomic E-state index is 0.0507. The zero-order valence-corrected chi connectivity index (χ0v) is 16.9. The normalized spacial score (nSPS) is 12.7. The van der Waals surface area contributed by atoms with Crippen molar-refractivity contribution in [3.8, 4) is 0 Å². The molecule has 0 bridgehead atoms. The summed E-state index contributed by atoms with van der Waals surface area (Å²) in [7, 11) is -2.78. The molecule has 1 unspecified atom stereocenters. The molecule has 0 amide bonds. The van der Waals surface area contributed by atoms with E-state index in [0.29, 0.717) is 16.7 Å². The molecule has 0 aromatic heterocycles. The van der Waals surface area contributed by atoms with Gasteiger partial charge in [0.1, 0.15) is 11.9 Å². The van der Waals surface area contributed by atoms with Crippen molar-refractivity contribution < 1.29 is 22.3 Å². The molecule has 0 aliphatic carbocycles. The summed E-state index contributed by atoms with van der Waals surface area (Å²) >= 11 is 0. The molecule has 7 heteroatoms. The summed E-state index contributed by atoms with van der Waals surface area (Å²) in [4.78, 5) is 12.3. The van der Waals surface area contributed by atoms with E-state index in [4.69, 9.17) is 4.74 Å². The predicted octanol–water partition coefficient (Wildman–Crippen LogP) is 3.12. The first kappa shape index (κ1) is 21.1. The molecule has 1 N–H and O–H groups in total. The van der Waals surface area contributed by atoms with Crippen molar-refractivity contribution >= 4 is 16.0 Å². The summed E-state index contributed by atoms with van der Waals surface area (Å²) in [5.74, 6) is -1.11. The zero-order valence-electron chi connectivity index (χ0n) is 16.1. The molecule has 0 heterocycles. The molecule has 0 saturated heterocycles. The fourth-order valence-electron chi connectivity index (χ4n) is 3.00. The van der Waals surface area contributed by atoms with Gasteiger partial charge in [0.05, 0.1) is 12.0 Å². The van der Waals surface area contributed by atoms with Crippen molar-refractivity contribution in [3.05, 3.63) is 64.0 Å². The van der Waals surface area contributed by atoms with Gasteiger partial charge in [-0.25, -0.2) is 12.8 Å². The van der Waals surface area contributed by atoms with Crippen LogP contribution < -0.4 is 4.72 Å². The highest BCUT2D eigenvalue weighted by Crippen LogP contribution is 2.26. The lowest BCUT2D eigenvalue weighted by molar-refractivity contribution is -0.142. The van der Waals surface area contributed by atoms with Crippen molar-refractivity contribution in [1.82, 2.24) is 4.72 Å². The standard InChI is InChI=1S/C20H24FNO4S/c1-12-10-13(2)15(4)19(14(12)3)27(24,25)22-18(20(23)26-5)11-16-6-8-17(21)9-7-16/h6-10,18,22H,11H2,1-5H3. The van der Waals surface area contributed by atoms with E-state index in [1.807, 2.05) is 19.9 Å². The lowest BCUT2D eigenvalue weighted by Gasteiger charge is -2.20. The van der Waals surface area contributed by atoms with Crippen molar-refractivity contribution in [2.24, 2.45) is 0 Å². The Bertz CT molecular complexity index is 927. The Labute approximate surface area is 159 Å². The van der Waals surface area contributed by atoms with Crippen LogP contribution in [-0.4, -0.2) is 27.5 Å². The molecule has 2 aromatic rings. The Hall–Kier alpha value is -2.25. The van der Waals surface area contributed by atoms with Crippen LogP contribution in [0.5, 0.6) is 0 Å². The average Bonchev–Trinajstić information content (AvgIpc) is 2.60. The van der Waals surface area contributed by atoms with Gasteiger partial charge in [-0.1, -0.05) is 18.2 Å². The van der Waals surface area contributed by atoms with Gasteiger partial charge in [-0.2, -0.15) is 4.72 Å². The minimum Gasteiger partial charge on any atom is -0.468 e. The zero-order chi connectivity index (χ0) is 20.4. The van der Waals surface area contributed by atoms with E-state index in [-0.39, 0.29) is 11.3 Å². The third kappa shape index (κ3) is 4.73. The second-order valence-electron chi connectivity index (χ2n) is 6.62. The summed E-state index contributed by atoms with van der Waals surface area (Å²) in [6.45, 7) is 7.17. The molecule has 2 aromatic carbocycles. The van der Waals surface area contributed by atoms with Gasteiger partial charge >= 0.3 is 5.97 Å². The smallest absolute Gasteiger partial charge is 0.324 e. The lowest BCUT2D eigenvalue weighted by atomic mass is 10.0. The van der Waals surface area contributed by atoms with E-state index in [1.165, 1.54) is 31.4 Å². The van der Waals surface area contributed by atoms with E-state index >= 15 is 0 Å². The average molecular weight is 393 g/mol. The highest BCUT2D eigenvalue weighted by atomic mass is 32.2. The third-order valence-corrected chi connectivity index (χ3v) is 6.45. The summed E-state index contributed by atoms with van der Waals surface area (Å²) in [5, 5.41) is 0. The van der Waals surface area contributed by atoms with Crippen LogP contribution in [-0.2, 0) is 26.0 Å². The van der Waals surface area contributed by atoms with Crippen LogP contribution in [0.25, 0.3) is 0 Å². The van der Waals surface area contributed by atoms with E-state index in [9.17, 15) is 17.6 Å². The fraction of sp³-hybridized carbons (Fsp3) is 0.350. The van der Waals surface area contributed by atoms with Crippen LogP contribution >= 0.6 is 0 Å². The molecule has 0 aliphatic rings. The van der Waals surface area contributed by atoms with Crippen molar-refractivity contribution in [2.75, 3.05) is 7.11 Å². The number of benzene rings is 2. The van der Waals surface area contributed by atoms with Crippen LogP contribution in [0.4, 0.5) is 4.39 Å². The van der Waals surface area contributed by atoms with Gasteiger partial charge in [-0.05, 0) is 74.1 Å². The van der Waals surface area contributed by atoms with Gasteiger partial charge in [-0.3, -0.25) is 4.79 Å². The number of aryl methyl sites for hydroxylation is 2. The summed E-state index contributed by atoms with van der Waals surface area (Å²) in [5.41, 5.74) is 3.59. The number of hydrogen-bond acceptors (Lipinski definition) is 4. The number of methoxy groups -OCH3 is 1. The Morgan fingerprint density at radius 2 is 1.59 bits per heavy atom. The Balaban J connectivity index is 2.42. The first-order valence-corrected chi connectivity index (χ1v) is 9.97. The van der Waals surface area contributed by atoms with Gasteiger partial charge in [0.15, 0.2) is 0 Å². The van der Waals surface area contributed by atoms with Gasteiger partial charge in [0.25, 0.3) is 0 Å². The number of sulfonamides is 1. The van der Waals surface area contributed by atoms with Crippen LogP contribution in [0, 0.1) is 33.5 Å². The number of ether oxygens (including phenoxy) is 1. The predicted molar refractivity (Wildman–Crippen MR) is 102 cm³/mol. The number of esters is 1. The number of carbonyl (C=O) groups is 1. The molecule has 0 fully saturated rings. The molecule has 0 aliphatic heterocycles. The monoisotopic (exact) mass is 393 g/mol. The fourth-order valence-corrected chi connectivity index (χ4v) is 4.80. The molecule has 1 atom stereocenters. The second kappa shape index (κ2) is 8.19. The highest BCUT2D eigenvalue weighted by molar-refractivity contribution is 7.89. The summed E-state index contributed by atoms with van der Waals surface area (Å²) in [6, 6.07) is 6.34. The lowest BCUT2D eigenvalue weighted by Crippen LogP contribution is -2.43. The first-order chi connectivity index (χ1) is 12.6. The van der Waals surface area contributed by atoms with E-state index < -0.39 is 27.9 Å². The van der Waals surface area contributed by atoms with Gasteiger partial charge in [0.2, 0.25) is 10.0 Å². The summed E-state index contributed by atoms with van der Waals surface area (Å²) < 4.78 is 46.5. The molecule has 0 spiro atoms. The second-order valence-corrected chi connectivity index (χ2v) is 8.27. The number of hydrogen-bond donors (Lipinski definition) is 1. The maximum absolute atomic E-state index is 13.1. The molecular formula is C20H24FNO4S. The molecular weight excluding hydrogens is 369 g/mol. The van der Waals surface area contributed by atoms with Crippen LogP contribution in [0.15, 0.2) is 35.2 Å². The Morgan fingerprint density at radius 1 is 1.07 bits per heavy atom. The number of carbonyl (C=O) groups excluding carboxylic acids is 1. The van der Waals surface area contributed by atoms with Crippen molar-refractivity contribution in [1.29, 1.82) is 0 Å². The number of rotatable bonds is 6. The van der Waals surface area contributed by atoms with Crippen molar-refractivity contribution in [3.63, 3.8) is 0 Å². The van der Waals surface area contributed by atoms with Gasteiger partial charge in [-0.15, -0.1) is 0 Å². The highest BCUT2D eigenvalue weighted by Gasteiger charge is 2.29. The Kier molecular flexibility index (Phi) is 6.38. The minimum atomic E-state index is -3.97. The molecule has 0 radical (unpaired) electrons. The van der Waals surface area contributed by atoms with E-state index in [1.54, 1.807) is 13.8 Å². The number of nitrogens with one attached hydrogen (secondary N) is 1. The first-order valence-electron chi connectivity index (χ1n) is 8.48.